The van der Waals surface area contributed by atoms with E-state index in [2.05, 4.69) is 10.6 Å². The van der Waals surface area contributed by atoms with Crippen molar-refractivity contribution >= 4 is 6.03 Å². The highest BCUT2D eigenvalue weighted by Gasteiger charge is 2.03. The summed E-state index contributed by atoms with van der Waals surface area (Å²) in [4.78, 5) is 11.4. The maximum Gasteiger partial charge on any atom is 0.314 e. The molecule has 3 N–H and O–H groups in total. The number of rotatable bonds is 8. The third kappa shape index (κ3) is 6.94. The van der Waals surface area contributed by atoms with E-state index in [1.54, 1.807) is 12.1 Å². The number of aliphatic hydroxyl groups excluding tert-OH is 1. The van der Waals surface area contributed by atoms with Crippen molar-refractivity contribution in [2.75, 3.05) is 19.7 Å². The second-order valence-electron chi connectivity index (χ2n) is 4.34. The molecule has 0 aliphatic heterocycles. The average molecular weight is 284 g/mol. The number of carbonyl (C=O) groups excluding carboxylic acids is 1. The van der Waals surface area contributed by atoms with E-state index in [9.17, 15) is 14.3 Å². The standard InChI is InChI=1S/C14H21FN2O3/c1-2-12(18)6-7-16-14(19)17-8-9-20-13-5-3-4-11(15)10-13/h3-5,10,12,18H,2,6-9H2,1H3,(H2,16,17,19). The lowest BCUT2D eigenvalue weighted by Crippen LogP contribution is -2.38. The predicted molar refractivity (Wildman–Crippen MR) is 74.2 cm³/mol. The lowest BCUT2D eigenvalue weighted by molar-refractivity contribution is 0.160. The van der Waals surface area contributed by atoms with Crippen LogP contribution in [0.15, 0.2) is 24.3 Å². The van der Waals surface area contributed by atoms with Crippen molar-refractivity contribution in [3.05, 3.63) is 30.1 Å². The Labute approximate surface area is 118 Å². The molecule has 0 bridgehead atoms. The third-order valence-electron chi connectivity index (χ3n) is 2.69. The zero-order valence-electron chi connectivity index (χ0n) is 11.6. The Morgan fingerprint density at radius 3 is 2.85 bits per heavy atom. The van der Waals surface area contributed by atoms with Crippen molar-refractivity contribution < 1.29 is 19.0 Å². The van der Waals surface area contributed by atoms with Crippen LogP contribution in [0, 0.1) is 5.82 Å². The van der Waals surface area contributed by atoms with Crippen molar-refractivity contribution in [1.29, 1.82) is 0 Å². The van der Waals surface area contributed by atoms with Crippen molar-refractivity contribution in [2.24, 2.45) is 0 Å². The molecule has 1 aromatic carbocycles. The summed E-state index contributed by atoms with van der Waals surface area (Å²) in [5.74, 6) is 0.0703. The Kier molecular flexibility index (Phi) is 7.42. The molecule has 0 spiro atoms. The van der Waals surface area contributed by atoms with Gasteiger partial charge < -0.3 is 20.5 Å². The van der Waals surface area contributed by atoms with Crippen LogP contribution in [0.3, 0.4) is 0 Å². The SMILES string of the molecule is CCC(O)CCNC(=O)NCCOc1cccc(F)c1. The van der Waals surface area contributed by atoms with Gasteiger partial charge >= 0.3 is 6.03 Å². The van der Waals surface area contributed by atoms with Gasteiger partial charge in [0.1, 0.15) is 18.2 Å². The van der Waals surface area contributed by atoms with E-state index in [-0.39, 0.29) is 24.6 Å². The number of benzene rings is 1. The Morgan fingerprint density at radius 1 is 1.40 bits per heavy atom. The summed E-state index contributed by atoms with van der Waals surface area (Å²) in [7, 11) is 0. The number of nitrogens with one attached hydrogen (secondary N) is 2. The maximum absolute atomic E-state index is 12.9. The topological polar surface area (TPSA) is 70.6 Å². The van der Waals surface area contributed by atoms with Gasteiger partial charge in [0.2, 0.25) is 0 Å². The van der Waals surface area contributed by atoms with Gasteiger partial charge in [-0.3, -0.25) is 0 Å². The first kappa shape index (κ1) is 16.2. The molecule has 1 rings (SSSR count). The zero-order valence-corrected chi connectivity index (χ0v) is 11.6. The number of hydrogen-bond acceptors (Lipinski definition) is 3. The van der Waals surface area contributed by atoms with Crippen molar-refractivity contribution in [2.45, 2.75) is 25.9 Å². The quantitative estimate of drug-likeness (QED) is 0.636. The van der Waals surface area contributed by atoms with Gasteiger partial charge in [-0.25, -0.2) is 9.18 Å². The highest BCUT2D eigenvalue weighted by Crippen LogP contribution is 2.11. The van der Waals surface area contributed by atoms with Crippen LogP contribution in [0.5, 0.6) is 5.75 Å². The molecule has 0 heterocycles. The van der Waals surface area contributed by atoms with E-state index in [1.165, 1.54) is 12.1 Å². The largest absolute Gasteiger partial charge is 0.492 e. The summed E-state index contributed by atoms with van der Waals surface area (Å²) in [5.41, 5.74) is 0. The van der Waals surface area contributed by atoms with E-state index < -0.39 is 0 Å². The highest BCUT2D eigenvalue weighted by molar-refractivity contribution is 5.73. The first-order valence-electron chi connectivity index (χ1n) is 6.70. The Bertz CT molecular complexity index is 415. The van der Waals surface area contributed by atoms with Crippen LogP contribution >= 0.6 is 0 Å². The minimum Gasteiger partial charge on any atom is -0.492 e. The molecule has 0 aliphatic carbocycles. The molecule has 1 aromatic rings. The minimum absolute atomic E-state index is 0.258. The van der Waals surface area contributed by atoms with Crippen LogP contribution in [-0.2, 0) is 0 Å². The van der Waals surface area contributed by atoms with Gasteiger partial charge in [-0.2, -0.15) is 0 Å². The normalized spacial score (nSPS) is 11.8. The second kappa shape index (κ2) is 9.14. The zero-order chi connectivity index (χ0) is 14.8. The van der Waals surface area contributed by atoms with Crippen LogP contribution < -0.4 is 15.4 Å². The van der Waals surface area contributed by atoms with Crippen molar-refractivity contribution in [3.63, 3.8) is 0 Å². The second-order valence-corrected chi connectivity index (χ2v) is 4.34. The summed E-state index contributed by atoms with van der Waals surface area (Å²) in [6.45, 7) is 2.88. The molecule has 0 radical (unpaired) electrons. The third-order valence-corrected chi connectivity index (χ3v) is 2.69. The lowest BCUT2D eigenvalue weighted by Gasteiger charge is -2.10. The maximum atomic E-state index is 12.9. The number of hydrogen-bond donors (Lipinski definition) is 3. The van der Waals surface area contributed by atoms with E-state index in [1.807, 2.05) is 6.92 Å². The van der Waals surface area contributed by atoms with Gasteiger partial charge in [0.05, 0.1) is 12.6 Å². The van der Waals surface area contributed by atoms with Crippen LogP contribution in [-0.4, -0.2) is 36.9 Å². The fourth-order valence-electron chi connectivity index (χ4n) is 1.51. The first-order valence-corrected chi connectivity index (χ1v) is 6.70. The fourth-order valence-corrected chi connectivity index (χ4v) is 1.51. The summed E-state index contributed by atoms with van der Waals surface area (Å²) >= 11 is 0. The molecular formula is C14H21FN2O3. The van der Waals surface area contributed by atoms with Crippen LogP contribution in [0.1, 0.15) is 19.8 Å². The number of carbonyl (C=O) groups is 1. The van der Waals surface area contributed by atoms with Gasteiger partial charge in [-0.1, -0.05) is 13.0 Å². The lowest BCUT2D eigenvalue weighted by atomic mass is 10.2. The smallest absolute Gasteiger partial charge is 0.314 e. The molecule has 112 valence electrons. The fraction of sp³-hybridized carbons (Fsp3) is 0.500. The molecule has 5 nitrogen and oxygen atoms in total. The van der Waals surface area contributed by atoms with E-state index in [4.69, 9.17) is 4.74 Å². The summed E-state index contributed by atoms with van der Waals surface area (Å²) in [6.07, 6.45) is 0.820. The minimum atomic E-state index is -0.383. The number of urea groups is 1. The Balaban J connectivity index is 2.07. The number of amides is 2. The number of halogens is 1. The molecule has 0 saturated heterocycles. The van der Waals surface area contributed by atoms with E-state index in [0.717, 1.165) is 0 Å². The summed E-state index contributed by atoms with van der Waals surface area (Å²) in [5, 5.41) is 14.5. The molecule has 2 amide bonds. The molecule has 1 unspecified atom stereocenters. The van der Waals surface area contributed by atoms with Crippen molar-refractivity contribution in [1.82, 2.24) is 10.6 Å². The summed E-state index contributed by atoms with van der Waals surface area (Å²) < 4.78 is 18.1. The van der Waals surface area contributed by atoms with E-state index >= 15 is 0 Å². The summed E-state index contributed by atoms with van der Waals surface area (Å²) in [6, 6.07) is 5.52. The van der Waals surface area contributed by atoms with Gasteiger partial charge in [0.15, 0.2) is 0 Å². The van der Waals surface area contributed by atoms with Crippen LogP contribution in [0.2, 0.25) is 0 Å². The van der Waals surface area contributed by atoms with Gasteiger partial charge in [-0.15, -0.1) is 0 Å². The van der Waals surface area contributed by atoms with Gasteiger partial charge in [-0.05, 0) is 25.0 Å². The molecule has 0 aromatic heterocycles. The molecular weight excluding hydrogens is 263 g/mol. The van der Waals surface area contributed by atoms with Crippen LogP contribution in [0.4, 0.5) is 9.18 Å². The average Bonchev–Trinajstić information content (AvgIpc) is 2.43. The molecule has 0 fully saturated rings. The molecule has 20 heavy (non-hydrogen) atoms. The monoisotopic (exact) mass is 284 g/mol. The predicted octanol–water partition coefficient (Wildman–Crippen LogP) is 1.66. The first-order chi connectivity index (χ1) is 9.61. The molecule has 0 saturated carbocycles. The number of ether oxygens (including phenoxy) is 1. The Morgan fingerprint density at radius 2 is 2.15 bits per heavy atom. The number of aliphatic hydroxyl groups is 1. The molecule has 1 atom stereocenters. The van der Waals surface area contributed by atoms with Crippen LogP contribution in [0.25, 0.3) is 0 Å². The van der Waals surface area contributed by atoms with Gasteiger partial charge in [0, 0.05) is 12.6 Å². The van der Waals surface area contributed by atoms with Gasteiger partial charge in [0.25, 0.3) is 0 Å². The molecule has 6 heteroatoms. The van der Waals surface area contributed by atoms with Crippen molar-refractivity contribution in [3.8, 4) is 5.75 Å². The van der Waals surface area contributed by atoms with E-state index in [0.29, 0.717) is 31.7 Å². The molecule has 0 aliphatic rings. The highest BCUT2D eigenvalue weighted by atomic mass is 19.1. The Hall–Kier alpha value is -1.82.